The minimum atomic E-state index is -4.76. The summed E-state index contributed by atoms with van der Waals surface area (Å²) in [6, 6.07) is 0. The maximum atomic E-state index is 12.4. The quantitative estimate of drug-likeness (QED) is 0.0277. The zero-order chi connectivity index (χ0) is 38.2. The lowest BCUT2D eigenvalue weighted by atomic mass is 10.0. The second-order valence-electron chi connectivity index (χ2n) is 14.0. The monoisotopic (exact) mass is 753 g/mol. The van der Waals surface area contributed by atoms with Gasteiger partial charge in [-0.25, -0.2) is 4.57 Å². The van der Waals surface area contributed by atoms with Crippen LogP contribution in [0.2, 0.25) is 0 Å². The summed E-state index contributed by atoms with van der Waals surface area (Å²) in [4.78, 5) is 42.8. The number of phosphoric acid groups is 1. The normalized spacial score (nSPS) is 12.9. The van der Waals surface area contributed by atoms with Crippen LogP contribution in [0.25, 0.3) is 0 Å². The van der Waals surface area contributed by atoms with Gasteiger partial charge in [0.15, 0.2) is 6.10 Å². The Labute approximate surface area is 318 Å². The van der Waals surface area contributed by atoms with Crippen LogP contribution in [0.4, 0.5) is 0 Å². The van der Waals surface area contributed by atoms with Gasteiger partial charge in [-0.3, -0.25) is 14.1 Å². The Kier molecular flexibility index (Phi) is 37.2. The summed E-state index contributed by atoms with van der Waals surface area (Å²) in [5, 5.41) is 0. The molecule has 0 aromatic carbocycles. The molecule has 0 fully saturated rings. The molecular weight excluding hydrogens is 675 g/mol. The van der Waals surface area contributed by atoms with Gasteiger partial charge >= 0.3 is 19.8 Å². The van der Waals surface area contributed by atoms with Crippen LogP contribution in [-0.2, 0) is 28.2 Å². The van der Waals surface area contributed by atoms with Crippen LogP contribution < -0.4 is 0 Å². The zero-order valence-corrected chi connectivity index (χ0v) is 34.1. The summed E-state index contributed by atoms with van der Waals surface area (Å²) in [5.41, 5.74) is 0. The molecule has 2 N–H and O–H groups in total. The third-order valence-corrected chi connectivity index (χ3v) is 9.34. The van der Waals surface area contributed by atoms with Gasteiger partial charge in [0.05, 0.1) is 6.61 Å². The molecule has 0 saturated carbocycles. The van der Waals surface area contributed by atoms with Crippen molar-refractivity contribution in [1.82, 2.24) is 0 Å². The van der Waals surface area contributed by atoms with Crippen molar-refractivity contribution in [3.05, 3.63) is 48.6 Å². The van der Waals surface area contributed by atoms with Crippen molar-refractivity contribution in [3.63, 3.8) is 0 Å². The summed E-state index contributed by atoms with van der Waals surface area (Å²) >= 11 is 0. The minimum Gasteiger partial charge on any atom is -0.462 e. The van der Waals surface area contributed by atoms with Crippen molar-refractivity contribution in [2.75, 3.05) is 13.2 Å². The Morgan fingerprint density at radius 2 is 0.885 bits per heavy atom. The maximum Gasteiger partial charge on any atom is 0.469 e. The van der Waals surface area contributed by atoms with E-state index in [-0.39, 0.29) is 19.4 Å². The summed E-state index contributed by atoms with van der Waals surface area (Å²) in [6.45, 7) is 3.63. The molecule has 0 amide bonds. The number of carbonyl (C=O) groups is 2. The first-order valence-electron chi connectivity index (χ1n) is 20.9. The maximum absolute atomic E-state index is 12.4. The van der Waals surface area contributed by atoms with Crippen LogP contribution >= 0.6 is 7.82 Å². The van der Waals surface area contributed by atoms with Gasteiger partial charge in [-0.05, 0) is 51.4 Å². The third kappa shape index (κ3) is 40.8. The van der Waals surface area contributed by atoms with Crippen LogP contribution in [0, 0.1) is 0 Å². The van der Waals surface area contributed by atoms with E-state index in [0.717, 1.165) is 44.9 Å². The molecule has 0 aliphatic heterocycles. The Morgan fingerprint density at radius 1 is 0.500 bits per heavy atom. The number of hydrogen-bond acceptors (Lipinski definition) is 6. The summed E-state index contributed by atoms with van der Waals surface area (Å²) in [5.74, 6) is -0.948. The first kappa shape index (κ1) is 50.0. The van der Waals surface area contributed by atoms with Crippen LogP contribution in [0.3, 0.4) is 0 Å². The molecule has 0 aliphatic rings. The lowest BCUT2D eigenvalue weighted by molar-refractivity contribution is -0.161. The molecule has 52 heavy (non-hydrogen) atoms. The Bertz CT molecular complexity index is 984. The van der Waals surface area contributed by atoms with Gasteiger partial charge in [-0.1, -0.05) is 178 Å². The highest BCUT2D eigenvalue weighted by Gasteiger charge is 2.22. The highest BCUT2D eigenvalue weighted by atomic mass is 31.2. The van der Waals surface area contributed by atoms with Gasteiger partial charge in [0.1, 0.15) is 6.61 Å². The summed E-state index contributed by atoms with van der Waals surface area (Å²) in [7, 11) is -4.76. The number of allylic oxidation sites excluding steroid dienone is 8. The van der Waals surface area contributed by atoms with Gasteiger partial charge in [-0.15, -0.1) is 0 Å². The van der Waals surface area contributed by atoms with Crippen molar-refractivity contribution in [2.24, 2.45) is 0 Å². The van der Waals surface area contributed by atoms with E-state index in [1.807, 2.05) is 6.08 Å². The van der Waals surface area contributed by atoms with Crippen molar-refractivity contribution in [2.45, 2.75) is 200 Å². The molecule has 0 bridgehead atoms. The van der Waals surface area contributed by atoms with Crippen LogP contribution in [0.1, 0.15) is 194 Å². The highest BCUT2D eigenvalue weighted by molar-refractivity contribution is 7.46. The third-order valence-electron chi connectivity index (χ3n) is 8.85. The van der Waals surface area contributed by atoms with E-state index in [2.05, 4.69) is 60.9 Å². The van der Waals surface area contributed by atoms with E-state index >= 15 is 0 Å². The first-order chi connectivity index (χ1) is 25.3. The fraction of sp³-hybridized carbons (Fsp3) is 0.767. The van der Waals surface area contributed by atoms with Gasteiger partial charge < -0.3 is 19.3 Å². The van der Waals surface area contributed by atoms with E-state index in [1.165, 1.54) is 109 Å². The lowest BCUT2D eigenvalue weighted by Gasteiger charge is -2.18. The van der Waals surface area contributed by atoms with E-state index in [4.69, 9.17) is 19.3 Å². The predicted octanol–water partition coefficient (Wildman–Crippen LogP) is 12.7. The Balaban J connectivity index is 4.01. The molecule has 0 aromatic rings. The topological polar surface area (TPSA) is 119 Å². The average Bonchev–Trinajstić information content (AvgIpc) is 3.11. The number of hydrogen-bond donors (Lipinski definition) is 2. The number of rotatable bonds is 38. The summed E-state index contributed by atoms with van der Waals surface area (Å²) in [6.07, 6.45) is 47.0. The van der Waals surface area contributed by atoms with Gasteiger partial charge in [-0.2, -0.15) is 0 Å². The van der Waals surface area contributed by atoms with Gasteiger partial charge in [0.2, 0.25) is 0 Å². The van der Waals surface area contributed by atoms with Crippen LogP contribution in [0.5, 0.6) is 0 Å². The number of esters is 2. The van der Waals surface area contributed by atoms with Crippen molar-refractivity contribution < 1.29 is 37.9 Å². The number of unbranched alkanes of at least 4 members (excludes halogenated alkanes) is 20. The lowest BCUT2D eigenvalue weighted by Crippen LogP contribution is -2.29. The molecule has 9 heteroatoms. The Morgan fingerprint density at radius 3 is 1.35 bits per heavy atom. The summed E-state index contributed by atoms with van der Waals surface area (Å²) < 4.78 is 26.3. The molecule has 8 nitrogen and oxygen atoms in total. The molecule has 0 heterocycles. The van der Waals surface area contributed by atoms with E-state index < -0.39 is 32.5 Å². The SMILES string of the molecule is CCCCCCCCC/C=C/C/C=C/C/C=C/C/C=C/CCCC(=O)OC[C@H](COP(=O)(O)O)OC(=O)CCCCCCCCCCCCCCC. The van der Waals surface area contributed by atoms with Crippen LogP contribution in [0.15, 0.2) is 48.6 Å². The minimum absolute atomic E-state index is 0.192. The molecule has 0 aliphatic carbocycles. The molecular formula is C43H77O8P. The van der Waals surface area contributed by atoms with Crippen molar-refractivity contribution in [1.29, 1.82) is 0 Å². The van der Waals surface area contributed by atoms with E-state index in [0.29, 0.717) is 12.8 Å². The van der Waals surface area contributed by atoms with Crippen molar-refractivity contribution in [3.8, 4) is 0 Å². The second-order valence-corrected chi connectivity index (χ2v) is 15.2. The molecule has 0 spiro atoms. The molecule has 302 valence electrons. The van der Waals surface area contributed by atoms with Crippen molar-refractivity contribution >= 4 is 19.8 Å². The second kappa shape index (κ2) is 38.7. The van der Waals surface area contributed by atoms with Gasteiger partial charge in [0.25, 0.3) is 0 Å². The van der Waals surface area contributed by atoms with Gasteiger partial charge in [0, 0.05) is 12.8 Å². The average molecular weight is 753 g/mol. The highest BCUT2D eigenvalue weighted by Crippen LogP contribution is 2.36. The zero-order valence-electron chi connectivity index (χ0n) is 33.2. The molecule has 0 unspecified atom stereocenters. The molecule has 0 rings (SSSR count). The molecule has 0 aromatic heterocycles. The number of carbonyl (C=O) groups excluding carboxylic acids is 2. The largest absolute Gasteiger partial charge is 0.469 e. The fourth-order valence-corrected chi connectivity index (χ4v) is 6.08. The predicted molar refractivity (Wildman–Crippen MR) is 216 cm³/mol. The number of ether oxygens (including phenoxy) is 2. The molecule has 0 saturated heterocycles. The smallest absolute Gasteiger partial charge is 0.462 e. The number of phosphoric ester groups is 1. The Hall–Kier alpha value is -1.99. The standard InChI is InChI=1S/C43H77O8P/c1-3-5-7-9-11-13-15-17-18-19-20-21-22-23-24-26-27-29-31-33-35-37-42(44)49-39-41(40-50-52(46,47)48)51-43(45)38-36-34-32-30-28-25-16-14-12-10-8-6-4-2/h18-19,21-22,24,26,29,31,41H,3-17,20,23,25,27-28,30,32-40H2,1-2H3,(H2,46,47,48)/b19-18+,22-21+,26-24+,31-29+/t41-/m1/s1. The van der Waals surface area contributed by atoms with E-state index in [9.17, 15) is 14.2 Å². The molecule has 0 radical (unpaired) electrons. The fourth-order valence-electron chi connectivity index (χ4n) is 5.72. The first-order valence-corrected chi connectivity index (χ1v) is 22.5. The van der Waals surface area contributed by atoms with Crippen LogP contribution in [-0.4, -0.2) is 41.0 Å². The molecule has 1 atom stereocenters. The van der Waals surface area contributed by atoms with E-state index in [1.54, 1.807) is 0 Å².